The SMILES string of the molecule is CCOCCCn1c(O)c(C(=O)c2cccc(C)c2)c(C)c(C#N)c1=O. The van der Waals surface area contributed by atoms with Gasteiger partial charge in [-0.3, -0.25) is 14.2 Å². The highest BCUT2D eigenvalue weighted by atomic mass is 16.5. The third-order valence-electron chi connectivity index (χ3n) is 4.18. The third kappa shape index (κ3) is 3.84. The van der Waals surface area contributed by atoms with Gasteiger partial charge in [0.25, 0.3) is 5.56 Å². The van der Waals surface area contributed by atoms with Crippen LogP contribution >= 0.6 is 0 Å². The lowest BCUT2D eigenvalue weighted by Crippen LogP contribution is -2.27. The van der Waals surface area contributed by atoms with Gasteiger partial charge >= 0.3 is 0 Å². The molecule has 1 aromatic carbocycles. The molecule has 0 fully saturated rings. The largest absolute Gasteiger partial charge is 0.494 e. The molecule has 6 nitrogen and oxygen atoms in total. The van der Waals surface area contributed by atoms with Gasteiger partial charge in [0.15, 0.2) is 5.78 Å². The molecular weight excluding hydrogens is 332 g/mol. The summed E-state index contributed by atoms with van der Waals surface area (Å²) in [6.07, 6.45) is 0.479. The summed E-state index contributed by atoms with van der Waals surface area (Å²) >= 11 is 0. The van der Waals surface area contributed by atoms with E-state index in [1.807, 2.05) is 26.0 Å². The lowest BCUT2D eigenvalue weighted by atomic mass is 9.96. The second kappa shape index (κ2) is 8.45. The molecule has 0 radical (unpaired) electrons. The van der Waals surface area contributed by atoms with E-state index in [2.05, 4.69) is 0 Å². The molecule has 0 aliphatic carbocycles. The number of hydrogen-bond donors (Lipinski definition) is 1. The number of aromatic hydroxyl groups is 1. The van der Waals surface area contributed by atoms with Gasteiger partial charge < -0.3 is 9.84 Å². The number of ketones is 1. The number of ether oxygens (including phenoxy) is 1. The van der Waals surface area contributed by atoms with E-state index in [9.17, 15) is 20.0 Å². The fourth-order valence-corrected chi connectivity index (χ4v) is 2.83. The number of hydrogen-bond acceptors (Lipinski definition) is 5. The predicted molar refractivity (Wildman–Crippen MR) is 97.5 cm³/mol. The van der Waals surface area contributed by atoms with Crippen LogP contribution in [0.1, 0.15) is 46.0 Å². The molecular formula is C20H22N2O4. The predicted octanol–water partition coefficient (Wildman–Crippen LogP) is 2.70. The monoisotopic (exact) mass is 354 g/mol. The first-order valence-corrected chi connectivity index (χ1v) is 8.47. The van der Waals surface area contributed by atoms with Crippen LogP contribution in [0.15, 0.2) is 29.1 Å². The van der Waals surface area contributed by atoms with E-state index in [4.69, 9.17) is 4.74 Å². The molecule has 0 aliphatic heterocycles. The summed E-state index contributed by atoms with van der Waals surface area (Å²) < 4.78 is 6.32. The fourth-order valence-electron chi connectivity index (χ4n) is 2.83. The van der Waals surface area contributed by atoms with Crippen molar-refractivity contribution in [1.29, 1.82) is 5.26 Å². The maximum Gasteiger partial charge on any atom is 0.271 e. The second-order valence-corrected chi connectivity index (χ2v) is 6.02. The Labute approximate surface area is 152 Å². The van der Waals surface area contributed by atoms with Crippen molar-refractivity contribution in [2.45, 2.75) is 33.7 Å². The van der Waals surface area contributed by atoms with Crippen molar-refractivity contribution in [1.82, 2.24) is 4.57 Å². The van der Waals surface area contributed by atoms with Crippen LogP contribution < -0.4 is 5.56 Å². The Morgan fingerprint density at radius 2 is 2.08 bits per heavy atom. The lowest BCUT2D eigenvalue weighted by molar-refractivity contribution is 0.103. The first-order chi connectivity index (χ1) is 12.4. The van der Waals surface area contributed by atoms with E-state index < -0.39 is 17.2 Å². The smallest absolute Gasteiger partial charge is 0.271 e. The van der Waals surface area contributed by atoms with Crippen molar-refractivity contribution in [2.24, 2.45) is 0 Å². The molecule has 0 saturated heterocycles. The van der Waals surface area contributed by atoms with Crippen LogP contribution in [-0.4, -0.2) is 28.7 Å². The molecule has 0 aliphatic rings. The first-order valence-electron chi connectivity index (χ1n) is 8.47. The zero-order valence-electron chi connectivity index (χ0n) is 15.2. The van der Waals surface area contributed by atoms with Gasteiger partial charge in [0.1, 0.15) is 11.6 Å². The van der Waals surface area contributed by atoms with Crippen molar-refractivity contribution in [2.75, 3.05) is 13.2 Å². The molecule has 26 heavy (non-hydrogen) atoms. The van der Waals surface area contributed by atoms with Gasteiger partial charge in [-0.25, -0.2) is 0 Å². The molecule has 0 amide bonds. The minimum atomic E-state index is -0.597. The zero-order valence-corrected chi connectivity index (χ0v) is 15.2. The summed E-state index contributed by atoms with van der Waals surface area (Å²) in [5.41, 5.74) is 0.756. The summed E-state index contributed by atoms with van der Waals surface area (Å²) in [5, 5.41) is 20.0. The van der Waals surface area contributed by atoms with E-state index in [0.717, 1.165) is 10.1 Å². The molecule has 0 atom stereocenters. The van der Waals surface area contributed by atoms with Crippen LogP contribution in [0.25, 0.3) is 0 Å². The highest BCUT2D eigenvalue weighted by Crippen LogP contribution is 2.25. The molecule has 6 heteroatoms. The van der Waals surface area contributed by atoms with Crippen molar-refractivity contribution in [3.63, 3.8) is 0 Å². The number of nitrogens with zero attached hydrogens (tertiary/aromatic N) is 2. The molecule has 2 rings (SSSR count). The Kier molecular flexibility index (Phi) is 6.31. The summed E-state index contributed by atoms with van der Waals surface area (Å²) in [7, 11) is 0. The van der Waals surface area contributed by atoms with E-state index in [0.29, 0.717) is 25.2 Å². The lowest BCUT2D eigenvalue weighted by Gasteiger charge is -2.15. The van der Waals surface area contributed by atoms with Crippen molar-refractivity contribution in [3.8, 4) is 11.9 Å². The average molecular weight is 354 g/mol. The quantitative estimate of drug-likeness (QED) is 0.610. The number of aryl methyl sites for hydroxylation is 1. The normalized spacial score (nSPS) is 10.5. The van der Waals surface area contributed by atoms with Crippen molar-refractivity contribution < 1.29 is 14.6 Å². The van der Waals surface area contributed by atoms with Crippen LogP contribution in [0.3, 0.4) is 0 Å². The summed E-state index contributed by atoms with van der Waals surface area (Å²) in [4.78, 5) is 25.4. The fraction of sp³-hybridized carbons (Fsp3) is 0.350. The Morgan fingerprint density at radius 1 is 1.35 bits per heavy atom. The Bertz CT molecular complexity index is 923. The van der Waals surface area contributed by atoms with E-state index >= 15 is 0 Å². The molecule has 1 aromatic heterocycles. The minimum Gasteiger partial charge on any atom is -0.494 e. The number of rotatable bonds is 7. The van der Waals surface area contributed by atoms with Gasteiger partial charge in [-0.15, -0.1) is 0 Å². The van der Waals surface area contributed by atoms with Crippen molar-refractivity contribution in [3.05, 3.63) is 62.4 Å². The van der Waals surface area contributed by atoms with Gasteiger partial charge in [0.05, 0.1) is 5.56 Å². The Hall–Kier alpha value is -2.91. The van der Waals surface area contributed by atoms with Gasteiger partial charge in [-0.2, -0.15) is 5.26 Å². The molecule has 0 saturated carbocycles. The molecule has 1 N–H and O–H groups in total. The Morgan fingerprint density at radius 3 is 2.69 bits per heavy atom. The second-order valence-electron chi connectivity index (χ2n) is 6.02. The number of benzene rings is 1. The minimum absolute atomic E-state index is 0.0110. The zero-order chi connectivity index (χ0) is 19.3. The van der Waals surface area contributed by atoms with Crippen LogP contribution in [0.2, 0.25) is 0 Å². The number of pyridine rings is 1. The molecule has 0 unspecified atom stereocenters. The number of nitriles is 1. The topological polar surface area (TPSA) is 92.3 Å². The highest BCUT2D eigenvalue weighted by molar-refractivity contribution is 6.11. The molecule has 0 bridgehead atoms. The molecule has 0 spiro atoms. The van der Waals surface area contributed by atoms with Crippen LogP contribution in [0, 0.1) is 25.2 Å². The van der Waals surface area contributed by atoms with Crippen LogP contribution in [-0.2, 0) is 11.3 Å². The standard InChI is InChI=1S/C20H22N2O4/c1-4-26-10-6-9-22-19(24)16(12-21)14(3)17(20(22)25)18(23)15-8-5-7-13(2)11-15/h5,7-8,11,25H,4,6,9-10H2,1-3H3. The molecule has 2 aromatic rings. The maximum atomic E-state index is 12.9. The van der Waals surface area contributed by atoms with Gasteiger partial charge in [0, 0.05) is 25.3 Å². The number of aromatic nitrogens is 1. The highest BCUT2D eigenvalue weighted by Gasteiger charge is 2.24. The average Bonchev–Trinajstić information content (AvgIpc) is 2.61. The molecule has 136 valence electrons. The summed E-state index contributed by atoms with van der Waals surface area (Å²) in [5.74, 6) is -0.826. The maximum absolute atomic E-state index is 12.9. The van der Waals surface area contributed by atoms with Gasteiger partial charge in [0.2, 0.25) is 5.88 Å². The van der Waals surface area contributed by atoms with E-state index in [1.165, 1.54) is 6.92 Å². The number of carbonyl (C=O) groups excluding carboxylic acids is 1. The third-order valence-corrected chi connectivity index (χ3v) is 4.18. The van der Waals surface area contributed by atoms with Crippen LogP contribution in [0.5, 0.6) is 5.88 Å². The van der Waals surface area contributed by atoms with Gasteiger partial charge in [-0.1, -0.05) is 23.8 Å². The summed E-state index contributed by atoms with van der Waals surface area (Å²) in [6, 6.07) is 8.82. The van der Waals surface area contributed by atoms with Crippen LogP contribution in [0.4, 0.5) is 0 Å². The number of carbonyl (C=O) groups is 1. The van der Waals surface area contributed by atoms with E-state index in [-0.39, 0.29) is 23.2 Å². The molecule has 1 heterocycles. The van der Waals surface area contributed by atoms with E-state index in [1.54, 1.807) is 18.2 Å². The Balaban J connectivity index is 2.56. The van der Waals surface area contributed by atoms with Crippen molar-refractivity contribution >= 4 is 5.78 Å². The first kappa shape index (κ1) is 19.4. The van der Waals surface area contributed by atoms with Gasteiger partial charge in [-0.05, 0) is 38.8 Å². The summed E-state index contributed by atoms with van der Waals surface area (Å²) in [6.45, 7) is 6.36.